The number of furan rings is 1. The monoisotopic (exact) mass is 308 g/mol. The van der Waals surface area contributed by atoms with E-state index in [9.17, 15) is 4.79 Å². The maximum Gasteiger partial charge on any atom is 0.257 e. The van der Waals surface area contributed by atoms with E-state index in [2.05, 4.69) is 28.2 Å². The fourth-order valence-corrected chi connectivity index (χ4v) is 2.06. The number of nitrogens with zero attached hydrogens (tertiary/aromatic N) is 1. The number of hydrogen-bond donors (Lipinski definition) is 1. The van der Waals surface area contributed by atoms with E-state index in [-0.39, 0.29) is 18.3 Å². The highest BCUT2D eigenvalue weighted by molar-refractivity contribution is 9.10. The summed E-state index contributed by atoms with van der Waals surface area (Å²) in [4.78, 5) is 13.8. The van der Waals surface area contributed by atoms with Crippen LogP contribution in [-0.4, -0.2) is 36.5 Å². The van der Waals surface area contributed by atoms with Gasteiger partial charge < -0.3 is 14.6 Å². The molecule has 1 amide bonds. The summed E-state index contributed by atoms with van der Waals surface area (Å²) in [5, 5.41) is 3.30. The van der Waals surface area contributed by atoms with Gasteiger partial charge in [-0.1, -0.05) is 0 Å². The van der Waals surface area contributed by atoms with Crippen LogP contribution in [0.15, 0.2) is 21.4 Å². The van der Waals surface area contributed by atoms with E-state index in [1.54, 1.807) is 6.07 Å². The van der Waals surface area contributed by atoms with Gasteiger partial charge in [-0.25, -0.2) is 0 Å². The Hall–Kier alpha value is -0.520. The van der Waals surface area contributed by atoms with Crippen molar-refractivity contribution < 1.29 is 9.21 Å². The van der Waals surface area contributed by atoms with E-state index >= 15 is 0 Å². The van der Waals surface area contributed by atoms with Gasteiger partial charge in [0.05, 0.1) is 5.56 Å². The Kier molecular flexibility index (Phi) is 4.83. The van der Waals surface area contributed by atoms with Crippen molar-refractivity contribution in [2.45, 2.75) is 13.0 Å². The molecule has 0 radical (unpaired) electrons. The second kappa shape index (κ2) is 5.70. The van der Waals surface area contributed by atoms with Gasteiger partial charge in [-0.3, -0.25) is 4.79 Å². The summed E-state index contributed by atoms with van der Waals surface area (Å²) < 4.78 is 5.65. The van der Waals surface area contributed by atoms with Crippen LogP contribution >= 0.6 is 28.3 Å². The van der Waals surface area contributed by atoms with Crippen molar-refractivity contribution in [2.75, 3.05) is 19.6 Å². The van der Waals surface area contributed by atoms with Gasteiger partial charge in [0.25, 0.3) is 5.91 Å². The molecule has 0 spiro atoms. The molecule has 90 valence electrons. The molecule has 6 heteroatoms. The third-order valence-electron chi connectivity index (χ3n) is 2.47. The molecule has 0 aliphatic carbocycles. The molecule has 1 aliphatic heterocycles. The molecule has 1 aromatic rings. The van der Waals surface area contributed by atoms with Crippen molar-refractivity contribution in [1.82, 2.24) is 10.2 Å². The first-order valence-electron chi connectivity index (χ1n) is 4.93. The maximum atomic E-state index is 12.0. The Labute approximate surface area is 109 Å². The van der Waals surface area contributed by atoms with E-state index in [0.717, 1.165) is 19.6 Å². The average molecular weight is 310 g/mol. The summed E-state index contributed by atoms with van der Waals surface area (Å²) in [6.07, 6.45) is 1.49. The van der Waals surface area contributed by atoms with Crippen LogP contribution in [0.4, 0.5) is 0 Å². The molecule has 2 heterocycles. The number of amides is 1. The van der Waals surface area contributed by atoms with Crippen LogP contribution in [0.5, 0.6) is 0 Å². The molecular weight excluding hydrogens is 295 g/mol. The average Bonchev–Trinajstić information content (AvgIpc) is 2.64. The summed E-state index contributed by atoms with van der Waals surface area (Å²) in [5.41, 5.74) is 0.607. The molecule has 2 rings (SSSR count). The minimum atomic E-state index is 0. The third kappa shape index (κ3) is 2.99. The molecule has 4 nitrogen and oxygen atoms in total. The molecule has 0 saturated carbocycles. The lowest BCUT2D eigenvalue weighted by Gasteiger charge is -2.31. The quantitative estimate of drug-likeness (QED) is 0.862. The molecule has 0 bridgehead atoms. The standard InChI is InChI=1S/C10H13BrN2O2.ClH/c1-7-5-13(3-2-12-7)10(14)8-4-9(11)15-6-8;/h4,6-7,12H,2-3,5H2,1H3;1H. The van der Waals surface area contributed by atoms with Gasteiger partial charge in [-0.2, -0.15) is 0 Å². The lowest BCUT2D eigenvalue weighted by molar-refractivity contribution is 0.0708. The summed E-state index contributed by atoms with van der Waals surface area (Å²) >= 11 is 3.19. The summed E-state index contributed by atoms with van der Waals surface area (Å²) in [6.45, 7) is 4.43. The van der Waals surface area contributed by atoms with E-state index in [0.29, 0.717) is 16.3 Å². The van der Waals surface area contributed by atoms with Crippen molar-refractivity contribution in [3.63, 3.8) is 0 Å². The third-order valence-corrected chi connectivity index (χ3v) is 2.89. The van der Waals surface area contributed by atoms with Crippen LogP contribution in [0.1, 0.15) is 17.3 Å². The molecular formula is C10H14BrClN2O2. The second-order valence-electron chi connectivity index (χ2n) is 3.75. The van der Waals surface area contributed by atoms with Gasteiger partial charge in [-0.05, 0) is 22.9 Å². The number of halogens is 2. The second-order valence-corrected chi connectivity index (χ2v) is 4.53. The topological polar surface area (TPSA) is 45.5 Å². The Balaban J connectivity index is 0.00000128. The van der Waals surface area contributed by atoms with Crippen molar-refractivity contribution in [3.05, 3.63) is 22.6 Å². The number of nitrogens with one attached hydrogen (secondary N) is 1. The number of piperazine rings is 1. The first-order chi connectivity index (χ1) is 7.16. The zero-order valence-corrected chi connectivity index (χ0v) is 11.3. The summed E-state index contributed by atoms with van der Waals surface area (Å²) in [7, 11) is 0. The zero-order valence-electron chi connectivity index (χ0n) is 8.90. The van der Waals surface area contributed by atoms with Crippen LogP contribution in [0.3, 0.4) is 0 Å². The van der Waals surface area contributed by atoms with Gasteiger partial charge in [-0.15, -0.1) is 12.4 Å². The highest BCUT2D eigenvalue weighted by Gasteiger charge is 2.22. The van der Waals surface area contributed by atoms with Crippen molar-refractivity contribution in [2.24, 2.45) is 0 Å². The summed E-state index contributed by atoms with van der Waals surface area (Å²) in [5.74, 6) is 0.0396. The number of carbonyl (C=O) groups is 1. The number of hydrogen-bond acceptors (Lipinski definition) is 3. The first-order valence-corrected chi connectivity index (χ1v) is 5.73. The van der Waals surface area contributed by atoms with Crippen LogP contribution in [0, 0.1) is 0 Å². The van der Waals surface area contributed by atoms with E-state index in [1.807, 2.05) is 4.90 Å². The zero-order chi connectivity index (χ0) is 10.8. The molecule has 16 heavy (non-hydrogen) atoms. The largest absolute Gasteiger partial charge is 0.457 e. The highest BCUT2D eigenvalue weighted by atomic mass is 79.9. The molecule has 1 unspecified atom stereocenters. The molecule has 1 fully saturated rings. The van der Waals surface area contributed by atoms with E-state index in [1.165, 1.54) is 6.26 Å². The predicted octanol–water partition coefficient (Wildman–Crippen LogP) is 1.90. The van der Waals surface area contributed by atoms with Crippen molar-refractivity contribution in [1.29, 1.82) is 0 Å². The Morgan fingerprint density at radius 1 is 1.69 bits per heavy atom. The number of rotatable bonds is 1. The fourth-order valence-electron chi connectivity index (χ4n) is 1.72. The summed E-state index contributed by atoms with van der Waals surface area (Å²) in [6, 6.07) is 2.06. The van der Waals surface area contributed by atoms with Crippen LogP contribution < -0.4 is 5.32 Å². The van der Waals surface area contributed by atoms with Crippen molar-refractivity contribution in [3.8, 4) is 0 Å². The minimum absolute atomic E-state index is 0. The Morgan fingerprint density at radius 2 is 2.44 bits per heavy atom. The van der Waals surface area contributed by atoms with Gasteiger partial charge >= 0.3 is 0 Å². The molecule has 1 saturated heterocycles. The lowest BCUT2D eigenvalue weighted by atomic mass is 10.2. The molecule has 1 atom stereocenters. The molecule has 1 aromatic heterocycles. The predicted molar refractivity (Wildman–Crippen MR) is 67.0 cm³/mol. The maximum absolute atomic E-state index is 12.0. The minimum Gasteiger partial charge on any atom is -0.457 e. The van der Waals surface area contributed by atoms with Crippen molar-refractivity contribution >= 4 is 34.2 Å². The first kappa shape index (κ1) is 13.5. The van der Waals surface area contributed by atoms with Gasteiger partial charge in [0.2, 0.25) is 0 Å². The lowest BCUT2D eigenvalue weighted by Crippen LogP contribution is -2.51. The molecule has 0 aromatic carbocycles. The molecule has 1 N–H and O–H groups in total. The van der Waals surface area contributed by atoms with Crippen LogP contribution in [-0.2, 0) is 0 Å². The Morgan fingerprint density at radius 3 is 3.00 bits per heavy atom. The fraction of sp³-hybridized carbons (Fsp3) is 0.500. The smallest absolute Gasteiger partial charge is 0.257 e. The number of carbonyl (C=O) groups excluding carboxylic acids is 1. The highest BCUT2D eigenvalue weighted by Crippen LogP contribution is 2.16. The van der Waals surface area contributed by atoms with E-state index in [4.69, 9.17) is 4.42 Å². The van der Waals surface area contributed by atoms with Gasteiger partial charge in [0.15, 0.2) is 4.67 Å². The van der Waals surface area contributed by atoms with Gasteiger partial charge in [0, 0.05) is 31.7 Å². The SMILES string of the molecule is CC1CN(C(=O)c2coc(Br)c2)CCN1.Cl. The Bertz CT molecular complexity index is 369. The van der Waals surface area contributed by atoms with E-state index < -0.39 is 0 Å². The van der Waals surface area contributed by atoms with Crippen LogP contribution in [0.2, 0.25) is 0 Å². The molecule has 1 aliphatic rings. The van der Waals surface area contributed by atoms with Gasteiger partial charge in [0.1, 0.15) is 6.26 Å². The van der Waals surface area contributed by atoms with Crippen LogP contribution in [0.25, 0.3) is 0 Å². The normalized spacial score (nSPS) is 20.4.